The van der Waals surface area contributed by atoms with E-state index in [1.807, 2.05) is 13.8 Å². The fourth-order valence-corrected chi connectivity index (χ4v) is 2.80. The van der Waals surface area contributed by atoms with E-state index >= 15 is 0 Å². The smallest absolute Gasteiger partial charge is 0.0585 e. The molecule has 0 N–H and O–H groups in total. The third-order valence-corrected chi connectivity index (χ3v) is 3.15. The molecule has 0 atom stereocenters. The second-order valence-corrected chi connectivity index (χ2v) is 4.75. The third-order valence-electron chi connectivity index (χ3n) is 3.15. The van der Waals surface area contributed by atoms with Gasteiger partial charge in [0, 0.05) is 6.61 Å². The van der Waals surface area contributed by atoms with E-state index in [1.54, 1.807) is 0 Å². The Labute approximate surface area is 82.9 Å². The molecule has 0 aromatic carbocycles. The molecule has 2 saturated heterocycles. The second-order valence-electron chi connectivity index (χ2n) is 4.75. The Kier molecular flexibility index (Phi) is 3.78. The lowest BCUT2D eigenvalue weighted by atomic mass is 9.60. The minimum Gasteiger partial charge on any atom is -0.378 e. The lowest BCUT2D eigenvalue weighted by Gasteiger charge is -2.53. The van der Waals surface area contributed by atoms with Crippen molar-refractivity contribution in [1.82, 2.24) is 0 Å². The van der Waals surface area contributed by atoms with Crippen LogP contribution >= 0.6 is 0 Å². The molecule has 1 nitrogen and oxygen atoms in total. The van der Waals surface area contributed by atoms with Crippen LogP contribution in [-0.4, -0.2) is 12.7 Å². The van der Waals surface area contributed by atoms with E-state index in [-0.39, 0.29) is 0 Å². The molecule has 1 saturated carbocycles. The van der Waals surface area contributed by atoms with Crippen LogP contribution in [0.2, 0.25) is 0 Å². The molecule has 0 amide bonds. The number of hydrogen-bond acceptors (Lipinski definition) is 1. The van der Waals surface area contributed by atoms with Gasteiger partial charge in [0.05, 0.1) is 6.10 Å². The highest BCUT2D eigenvalue weighted by molar-refractivity contribution is 4.97. The number of fused-ring (bicyclic) bond motifs is 2. The van der Waals surface area contributed by atoms with Gasteiger partial charge >= 0.3 is 0 Å². The topological polar surface area (TPSA) is 9.23 Å². The van der Waals surface area contributed by atoms with E-state index in [9.17, 15) is 0 Å². The lowest BCUT2D eigenvalue weighted by Crippen LogP contribution is -2.48. The number of rotatable bonds is 2. The minimum atomic E-state index is 0.641. The Bertz CT molecular complexity index is 140. The molecule has 2 heterocycles. The van der Waals surface area contributed by atoms with Crippen molar-refractivity contribution in [3.63, 3.8) is 0 Å². The lowest BCUT2D eigenvalue weighted by molar-refractivity contribution is -0.154. The Balaban J connectivity index is 0.000000396. The Hall–Kier alpha value is -0.0400. The molecule has 0 radical (unpaired) electrons. The summed E-state index contributed by atoms with van der Waals surface area (Å²) in [6, 6.07) is 0. The van der Waals surface area contributed by atoms with Gasteiger partial charge in [-0.1, -0.05) is 27.7 Å². The van der Waals surface area contributed by atoms with Crippen LogP contribution in [0.3, 0.4) is 0 Å². The van der Waals surface area contributed by atoms with Gasteiger partial charge in [-0.2, -0.15) is 0 Å². The Morgan fingerprint density at radius 3 is 2.31 bits per heavy atom. The summed E-state index contributed by atoms with van der Waals surface area (Å²) in [5.74, 6) is 0.869. The van der Waals surface area contributed by atoms with Crippen LogP contribution in [0.15, 0.2) is 0 Å². The number of ether oxygens (including phenoxy) is 1. The van der Waals surface area contributed by atoms with Crippen molar-refractivity contribution in [1.29, 1.82) is 0 Å². The highest BCUT2D eigenvalue weighted by Gasteiger charge is 2.47. The summed E-state index contributed by atoms with van der Waals surface area (Å²) in [4.78, 5) is 0. The van der Waals surface area contributed by atoms with Gasteiger partial charge in [-0.3, -0.25) is 0 Å². The highest BCUT2D eigenvalue weighted by Crippen LogP contribution is 2.53. The molecule has 0 aromatic rings. The maximum absolute atomic E-state index is 5.55. The van der Waals surface area contributed by atoms with Gasteiger partial charge in [-0.15, -0.1) is 0 Å². The van der Waals surface area contributed by atoms with Gasteiger partial charge in [-0.05, 0) is 37.0 Å². The zero-order valence-electron chi connectivity index (χ0n) is 9.60. The van der Waals surface area contributed by atoms with E-state index in [4.69, 9.17) is 4.74 Å². The fourth-order valence-electron chi connectivity index (χ4n) is 2.80. The van der Waals surface area contributed by atoms with Crippen LogP contribution in [-0.2, 0) is 4.74 Å². The molecule has 0 aromatic heterocycles. The summed E-state index contributed by atoms with van der Waals surface area (Å²) in [6.07, 6.45) is 6.09. The van der Waals surface area contributed by atoms with Gasteiger partial charge in [0.25, 0.3) is 0 Å². The molecule has 3 rings (SSSR count). The average molecular weight is 184 g/mol. The summed E-state index contributed by atoms with van der Waals surface area (Å²) >= 11 is 0. The average Bonchev–Trinajstić information content (AvgIpc) is 2.06. The van der Waals surface area contributed by atoms with E-state index in [0.717, 1.165) is 17.9 Å². The molecule has 78 valence electrons. The molecule has 3 aliphatic rings. The first-order valence-corrected chi connectivity index (χ1v) is 5.82. The maximum atomic E-state index is 5.55. The van der Waals surface area contributed by atoms with Crippen molar-refractivity contribution in [3.8, 4) is 0 Å². The van der Waals surface area contributed by atoms with Gasteiger partial charge in [-0.25, -0.2) is 0 Å². The normalized spacial score (nSPS) is 36.2. The fraction of sp³-hybridized carbons (Fsp3) is 1.00. The van der Waals surface area contributed by atoms with Crippen molar-refractivity contribution in [3.05, 3.63) is 0 Å². The quantitative estimate of drug-likeness (QED) is 0.637. The van der Waals surface area contributed by atoms with E-state index in [1.165, 1.54) is 25.7 Å². The summed E-state index contributed by atoms with van der Waals surface area (Å²) in [6.45, 7) is 9.69. The van der Waals surface area contributed by atoms with Crippen molar-refractivity contribution in [2.45, 2.75) is 59.5 Å². The van der Waals surface area contributed by atoms with Gasteiger partial charge in [0.1, 0.15) is 0 Å². The second kappa shape index (κ2) is 4.45. The number of hydrogen-bond donors (Lipinski definition) is 0. The van der Waals surface area contributed by atoms with Crippen LogP contribution in [0.5, 0.6) is 0 Å². The Morgan fingerprint density at radius 1 is 1.31 bits per heavy atom. The van der Waals surface area contributed by atoms with Crippen molar-refractivity contribution in [2.75, 3.05) is 6.61 Å². The van der Waals surface area contributed by atoms with Gasteiger partial charge in [0.15, 0.2) is 0 Å². The van der Waals surface area contributed by atoms with Crippen molar-refractivity contribution >= 4 is 0 Å². The Morgan fingerprint density at radius 2 is 1.92 bits per heavy atom. The van der Waals surface area contributed by atoms with Crippen LogP contribution in [0.1, 0.15) is 53.4 Å². The zero-order valence-corrected chi connectivity index (χ0v) is 9.60. The van der Waals surface area contributed by atoms with Gasteiger partial charge in [0.2, 0.25) is 0 Å². The predicted molar refractivity (Wildman–Crippen MR) is 56.8 cm³/mol. The molecule has 0 unspecified atom stereocenters. The first-order chi connectivity index (χ1) is 6.20. The first-order valence-electron chi connectivity index (χ1n) is 5.82. The molecule has 3 fully saturated rings. The van der Waals surface area contributed by atoms with E-state index in [2.05, 4.69) is 13.8 Å². The summed E-state index contributed by atoms with van der Waals surface area (Å²) < 4.78 is 5.55. The third kappa shape index (κ3) is 2.46. The first kappa shape index (κ1) is 11.0. The minimum absolute atomic E-state index is 0.641. The molecular formula is C12H24O. The maximum Gasteiger partial charge on any atom is 0.0585 e. The largest absolute Gasteiger partial charge is 0.378 e. The highest BCUT2D eigenvalue weighted by atomic mass is 16.5. The summed E-state index contributed by atoms with van der Waals surface area (Å²) in [5, 5.41) is 0. The van der Waals surface area contributed by atoms with Crippen molar-refractivity contribution < 1.29 is 4.74 Å². The van der Waals surface area contributed by atoms with Gasteiger partial charge < -0.3 is 4.74 Å². The van der Waals surface area contributed by atoms with Crippen LogP contribution < -0.4 is 0 Å². The summed E-state index contributed by atoms with van der Waals surface area (Å²) in [7, 11) is 0. The van der Waals surface area contributed by atoms with E-state index in [0.29, 0.717) is 6.10 Å². The molecule has 2 bridgehead atoms. The molecule has 1 aliphatic carbocycles. The SMILES string of the molecule is CC.CC(C)CC12CCOC(C1)C2. The van der Waals surface area contributed by atoms with Crippen LogP contribution in [0.4, 0.5) is 0 Å². The van der Waals surface area contributed by atoms with Crippen molar-refractivity contribution in [2.24, 2.45) is 11.3 Å². The molecular weight excluding hydrogens is 160 g/mol. The van der Waals surface area contributed by atoms with Crippen LogP contribution in [0, 0.1) is 11.3 Å². The molecule has 1 heteroatoms. The van der Waals surface area contributed by atoms with Crippen LogP contribution in [0.25, 0.3) is 0 Å². The molecule has 13 heavy (non-hydrogen) atoms. The summed E-state index contributed by atoms with van der Waals surface area (Å²) in [5.41, 5.74) is 0.719. The predicted octanol–water partition coefficient (Wildman–Crippen LogP) is 3.63. The zero-order chi connectivity index (χ0) is 9.90. The van der Waals surface area contributed by atoms with E-state index < -0.39 is 0 Å². The molecule has 0 spiro atoms. The monoisotopic (exact) mass is 184 g/mol. The molecule has 2 aliphatic heterocycles. The standard InChI is InChI=1S/C10H18O.C2H6/c1-8(2)5-10-3-4-11-9(6-10)7-10;1-2/h8-9H,3-7H2,1-2H3;1-2H3.